The number of hydrogen-bond acceptors (Lipinski definition) is 3. The first-order valence-electron chi connectivity index (χ1n) is 5.68. The van der Waals surface area contributed by atoms with Crippen molar-refractivity contribution in [1.29, 1.82) is 0 Å². The van der Waals surface area contributed by atoms with Gasteiger partial charge in [0.1, 0.15) is 12.7 Å². The predicted molar refractivity (Wildman–Crippen MR) is 68.5 cm³/mol. The van der Waals surface area contributed by atoms with E-state index in [0.717, 1.165) is 5.56 Å². The third kappa shape index (κ3) is 3.86. The third-order valence-corrected chi connectivity index (χ3v) is 2.33. The van der Waals surface area contributed by atoms with Crippen molar-refractivity contribution in [2.75, 3.05) is 6.54 Å². The largest absolute Gasteiger partial charge is 0.351 e. The van der Waals surface area contributed by atoms with E-state index in [1.165, 1.54) is 12.4 Å². The maximum Gasteiger partial charge on any atom is 0.244 e. The lowest BCUT2D eigenvalue weighted by Gasteiger charge is -2.01. The van der Waals surface area contributed by atoms with Gasteiger partial charge in [-0.05, 0) is 11.6 Å². The molecule has 0 saturated heterocycles. The van der Waals surface area contributed by atoms with Crippen molar-refractivity contribution >= 4 is 12.0 Å². The first kappa shape index (κ1) is 12.0. The van der Waals surface area contributed by atoms with Gasteiger partial charge < -0.3 is 5.32 Å². The quantitative estimate of drug-likeness (QED) is 0.799. The molecule has 2 aromatic rings. The Morgan fingerprint density at radius 3 is 2.89 bits per heavy atom. The number of nitrogens with zero attached hydrogens (tertiary/aromatic N) is 3. The van der Waals surface area contributed by atoms with Crippen LogP contribution in [0.1, 0.15) is 5.56 Å². The SMILES string of the molecule is O=C(/C=C/c1ccccc1)NCCn1cncn1. The molecule has 0 radical (unpaired) electrons. The minimum atomic E-state index is -0.112. The van der Waals surface area contributed by atoms with Gasteiger partial charge in [0, 0.05) is 12.6 Å². The molecule has 0 aliphatic carbocycles. The van der Waals surface area contributed by atoms with Crippen molar-refractivity contribution in [3.05, 3.63) is 54.6 Å². The van der Waals surface area contributed by atoms with E-state index in [0.29, 0.717) is 13.1 Å². The van der Waals surface area contributed by atoms with Crippen LogP contribution in [-0.4, -0.2) is 27.2 Å². The summed E-state index contributed by atoms with van der Waals surface area (Å²) in [7, 11) is 0. The highest BCUT2D eigenvalue weighted by Crippen LogP contribution is 2.00. The molecule has 5 nitrogen and oxygen atoms in total. The number of carbonyl (C=O) groups excluding carboxylic acids is 1. The van der Waals surface area contributed by atoms with Crippen molar-refractivity contribution in [1.82, 2.24) is 20.1 Å². The zero-order chi connectivity index (χ0) is 12.6. The Morgan fingerprint density at radius 1 is 1.33 bits per heavy atom. The molecule has 0 bridgehead atoms. The number of nitrogens with one attached hydrogen (secondary N) is 1. The second-order valence-corrected chi connectivity index (χ2v) is 3.69. The predicted octanol–water partition coefficient (Wildman–Crippen LogP) is 1.11. The van der Waals surface area contributed by atoms with Crippen molar-refractivity contribution in [2.45, 2.75) is 6.54 Å². The standard InChI is InChI=1S/C13H14N4O/c18-13(7-6-12-4-2-1-3-5-12)15-8-9-17-11-14-10-16-17/h1-7,10-11H,8-9H2,(H,15,18)/b7-6+. The molecule has 2 rings (SSSR count). The van der Waals surface area contributed by atoms with Crippen molar-refractivity contribution in [3.8, 4) is 0 Å². The van der Waals surface area contributed by atoms with Gasteiger partial charge in [0.25, 0.3) is 0 Å². The third-order valence-electron chi connectivity index (χ3n) is 2.33. The van der Waals surface area contributed by atoms with E-state index in [2.05, 4.69) is 15.4 Å². The van der Waals surface area contributed by atoms with Gasteiger partial charge in [-0.3, -0.25) is 9.48 Å². The Kier molecular flexibility index (Phi) is 4.24. The van der Waals surface area contributed by atoms with Gasteiger partial charge in [-0.25, -0.2) is 4.98 Å². The maximum atomic E-state index is 11.5. The lowest BCUT2D eigenvalue weighted by Crippen LogP contribution is -2.25. The van der Waals surface area contributed by atoms with Gasteiger partial charge in [-0.15, -0.1) is 0 Å². The second-order valence-electron chi connectivity index (χ2n) is 3.69. The highest BCUT2D eigenvalue weighted by atomic mass is 16.1. The molecule has 0 atom stereocenters. The van der Waals surface area contributed by atoms with Gasteiger partial charge in [0.15, 0.2) is 0 Å². The van der Waals surface area contributed by atoms with Crippen molar-refractivity contribution in [2.24, 2.45) is 0 Å². The van der Waals surface area contributed by atoms with Gasteiger partial charge >= 0.3 is 0 Å². The summed E-state index contributed by atoms with van der Waals surface area (Å²) in [5, 5.41) is 6.72. The molecular formula is C13H14N4O. The van der Waals surface area contributed by atoms with Gasteiger partial charge in [-0.1, -0.05) is 30.3 Å². The summed E-state index contributed by atoms with van der Waals surface area (Å²) >= 11 is 0. The summed E-state index contributed by atoms with van der Waals surface area (Å²) in [6, 6.07) is 9.69. The van der Waals surface area contributed by atoms with E-state index in [4.69, 9.17) is 0 Å². The molecule has 1 N–H and O–H groups in total. The lowest BCUT2D eigenvalue weighted by atomic mass is 10.2. The molecule has 0 fully saturated rings. The Balaban J connectivity index is 1.74. The summed E-state index contributed by atoms with van der Waals surface area (Å²) in [4.78, 5) is 15.3. The average Bonchev–Trinajstić information content (AvgIpc) is 2.91. The van der Waals surface area contributed by atoms with Crippen LogP contribution in [0.2, 0.25) is 0 Å². The number of rotatable bonds is 5. The summed E-state index contributed by atoms with van der Waals surface area (Å²) in [5.41, 5.74) is 1.00. The molecule has 92 valence electrons. The molecule has 0 unspecified atom stereocenters. The molecule has 1 aromatic heterocycles. The van der Waals surface area contributed by atoms with Crippen LogP contribution in [0.4, 0.5) is 0 Å². The fourth-order valence-electron chi connectivity index (χ4n) is 1.44. The van der Waals surface area contributed by atoms with Gasteiger partial charge in [0.05, 0.1) is 6.54 Å². The molecule has 1 amide bonds. The monoisotopic (exact) mass is 242 g/mol. The molecule has 5 heteroatoms. The minimum absolute atomic E-state index is 0.112. The number of benzene rings is 1. The summed E-state index contributed by atoms with van der Waals surface area (Å²) in [6.07, 6.45) is 6.39. The Labute approximate surface area is 105 Å². The fraction of sp³-hybridized carbons (Fsp3) is 0.154. The van der Waals surface area contributed by atoms with Crippen LogP contribution in [0.5, 0.6) is 0 Å². The molecule has 0 saturated carbocycles. The van der Waals surface area contributed by atoms with Crippen LogP contribution in [0, 0.1) is 0 Å². The molecule has 0 aliphatic rings. The summed E-state index contributed by atoms with van der Waals surface area (Å²) < 4.78 is 1.67. The van der Waals surface area contributed by atoms with E-state index in [-0.39, 0.29) is 5.91 Å². The zero-order valence-electron chi connectivity index (χ0n) is 9.86. The van der Waals surface area contributed by atoms with Crippen LogP contribution in [-0.2, 0) is 11.3 Å². The highest BCUT2D eigenvalue weighted by Gasteiger charge is 1.95. The Hall–Kier alpha value is -2.43. The second kappa shape index (κ2) is 6.34. The molecule has 1 aromatic carbocycles. The molecule has 1 heterocycles. The molecule has 18 heavy (non-hydrogen) atoms. The Morgan fingerprint density at radius 2 is 2.17 bits per heavy atom. The summed E-state index contributed by atoms with van der Waals surface area (Å²) in [6.45, 7) is 1.15. The Bertz CT molecular complexity index is 505. The number of hydrogen-bond donors (Lipinski definition) is 1. The zero-order valence-corrected chi connectivity index (χ0v) is 9.86. The number of carbonyl (C=O) groups is 1. The van der Waals surface area contributed by atoms with Crippen LogP contribution in [0.15, 0.2) is 49.1 Å². The first-order valence-corrected chi connectivity index (χ1v) is 5.68. The summed E-state index contributed by atoms with van der Waals surface area (Å²) in [5.74, 6) is -0.112. The fourth-order valence-corrected chi connectivity index (χ4v) is 1.44. The average molecular weight is 242 g/mol. The normalized spacial score (nSPS) is 10.7. The van der Waals surface area contributed by atoms with Crippen LogP contribution in [0.25, 0.3) is 6.08 Å². The topological polar surface area (TPSA) is 59.8 Å². The van der Waals surface area contributed by atoms with E-state index in [1.54, 1.807) is 17.1 Å². The van der Waals surface area contributed by atoms with E-state index in [9.17, 15) is 4.79 Å². The van der Waals surface area contributed by atoms with E-state index in [1.807, 2.05) is 30.3 Å². The van der Waals surface area contributed by atoms with Crippen LogP contribution < -0.4 is 5.32 Å². The number of amides is 1. The van der Waals surface area contributed by atoms with Crippen LogP contribution in [0.3, 0.4) is 0 Å². The van der Waals surface area contributed by atoms with E-state index < -0.39 is 0 Å². The van der Waals surface area contributed by atoms with Crippen molar-refractivity contribution in [3.63, 3.8) is 0 Å². The van der Waals surface area contributed by atoms with Gasteiger partial charge in [-0.2, -0.15) is 5.10 Å². The maximum absolute atomic E-state index is 11.5. The smallest absolute Gasteiger partial charge is 0.244 e. The van der Waals surface area contributed by atoms with Gasteiger partial charge in [0.2, 0.25) is 5.91 Å². The molecular weight excluding hydrogens is 228 g/mol. The lowest BCUT2D eigenvalue weighted by molar-refractivity contribution is -0.116. The molecule has 0 aliphatic heterocycles. The molecule has 0 spiro atoms. The van der Waals surface area contributed by atoms with Crippen LogP contribution >= 0.6 is 0 Å². The van der Waals surface area contributed by atoms with E-state index >= 15 is 0 Å². The minimum Gasteiger partial charge on any atom is -0.351 e. The highest BCUT2D eigenvalue weighted by molar-refractivity contribution is 5.91. The first-order chi connectivity index (χ1) is 8.84. The van der Waals surface area contributed by atoms with Crippen molar-refractivity contribution < 1.29 is 4.79 Å². The number of aromatic nitrogens is 3.